The zero-order valence-corrected chi connectivity index (χ0v) is 17.3. The van der Waals surface area contributed by atoms with E-state index in [2.05, 4.69) is 15.2 Å². The third-order valence-corrected chi connectivity index (χ3v) is 5.78. The summed E-state index contributed by atoms with van der Waals surface area (Å²) in [6.07, 6.45) is 1.42. The maximum Gasteiger partial charge on any atom is 0.404 e. The molecule has 1 saturated heterocycles. The summed E-state index contributed by atoms with van der Waals surface area (Å²) in [4.78, 5) is 22.5. The Morgan fingerprint density at radius 1 is 1.29 bits per heavy atom. The van der Waals surface area contributed by atoms with Crippen LogP contribution >= 0.6 is 0 Å². The Kier molecular flexibility index (Phi) is 5.88. The van der Waals surface area contributed by atoms with E-state index in [1.54, 1.807) is 30.3 Å². The minimum absolute atomic E-state index is 0.0721. The maximum atomic E-state index is 14.1. The number of aromatic nitrogens is 2. The van der Waals surface area contributed by atoms with Gasteiger partial charge >= 0.3 is 6.09 Å². The molecule has 2 heterocycles. The fraction of sp³-hybridized carbons (Fsp3) is 0.348. The highest BCUT2D eigenvalue weighted by atomic mass is 19.1. The van der Waals surface area contributed by atoms with Gasteiger partial charge in [-0.2, -0.15) is 0 Å². The van der Waals surface area contributed by atoms with E-state index in [1.807, 2.05) is 6.92 Å². The standard InChI is InChI=1S/C23H25FN4O3/c1-2-5-18(26-23(30)31)14-10-11-28(13-14)22-17-12-15(24)8-9-19(17)25-21(27-22)16-6-3-4-7-20(16)29/h3-4,6-9,12,14,18,26,29H,2,5,10-11,13H2,1H3,(H,30,31). The third-order valence-electron chi connectivity index (χ3n) is 5.78. The zero-order chi connectivity index (χ0) is 22.0. The average molecular weight is 424 g/mol. The lowest BCUT2D eigenvalue weighted by molar-refractivity contribution is 0.183. The summed E-state index contributed by atoms with van der Waals surface area (Å²) in [5, 5.41) is 22.7. The average Bonchev–Trinajstić information content (AvgIpc) is 3.23. The van der Waals surface area contributed by atoms with Crippen molar-refractivity contribution in [2.24, 2.45) is 5.92 Å². The molecule has 0 bridgehead atoms. The highest BCUT2D eigenvalue weighted by Crippen LogP contribution is 2.34. The summed E-state index contributed by atoms with van der Waals surface area (Å²) in [5.41, 5.74) is 1.09. The van der Waals surface area contributed by atoms with Crippen LogP contribution in [-0.2, 0) is 0 Å². The van der Waals surface area contributed by atoms with Gasteiger partial charge in [0, 0.05) is 24.5 Å². The van der Waals surface area contributed by atoms with Crippen LogP contribution in [0, 0.1) is 11.7 Å². The number of amides is 1. The van der Waals surface area contributed by atoms with Crippen molar-refractivity contribution in [3.8, 4) is 17.1 Å². The number of hydrogen-bond donors (Lipinski definition) is 3. The molecule has 1 amide bonds. The monoisotopic (exact) mass is 424 g/mol. The number of carboxylic acid groups (broad SMARTS) is 1. The number of para-hydroxylation sites is 1. The number of rotatable bonds is 6. The molecule has 7 nitrogen and oxygen atoms in total. The molecule has 2 unspecified atom stereocenters. The minimum Gasteiger partial charge on any atom is -0.507 e. The van der Waals surface area contributed by atoms with Crippen molar-refractivity contribution in [1.82, 2.24) is 15.3 Å². The molecule has 162 valence electrons. The lowest BCUT2D eigenvalue weighted by atomic mass is 9.95. The van der Waals surface area contributed by atoms with E-state index in [1.165, 1.54) is 12.1 Å². The van der Waals surface area contributed by atoms with Crippen LogP contribution in [0.25, 0.3) is 22.3 Å². The van der Waals surface area contributed by atoms with Gasteiger partial charge in [0.05, 0.1) is 11.1 Å². The molecule has 0 radical (unpaired) electrons. The lowest BCUT2D eigenvalue weighted by Gasteiger charge is -2.24. The first-order valence-electron chi connectivity index (χ1n) is 10.5. The molecule has 0 aliphatic carbocycles. The van der Waals surface area contributed by atoms with E-state index < -0.39 is 6.09 Å². The predicted molar refractivity (Wildman–Crippen MR) is 117 cm³/mol. The van der Waals surface area contributed by atoms with E-state index in [0.717, 1.165) is 19.3 Å². The van der Waals surface area contributed by atoms with Gasteiger partial charge in [-0.1, -0.05) is 25.5 Å². The summed E-state index contributed by atoms with van der Waals surface area (Å²) < 4.78 is 14.1. The number of benzene rings is 2. The third kappa shape index (κ3) is 4.38. The molecule has 1 fully saturated rings. The molecule has 2 aromatic carbocycles. The Morgan fingerprint density at radius 3 is 2.84 bits per heavy atom. The van der Waals surface area contributed by atoms with Gasteiger partial charge in [-0.25, -0.2) is 19.2 Å². The summed E-state index contributed by atoms with van der Waals surface area (Å²) in [6.45, 7) is 3.31. The van der Waals surface area contributed by atoms with Crippen molar-refractivity contribution in [3.63, 3.8) is 0 Å². The van der Waals surface area contributed by atoms with Gasteiger partial charge in [-0.05, 0) is 49.1 Å². The molecule has 8 heteroatoms. The molecule has 0 saturated carbocycles. The molecule has 1 aliphatic heterocycles. The number of nitrogens with one attached hydrogen (secondary N) is 1. The van der Waals surface area contributed by atoms with Crippen LogP contribution in [0.2, 0.25) is 0 Å². The van der Waals surface area contributed by atoms with Crippen molar-refractivity contribution >= 4 is 22.8 Å². The van der Waals surface area contributed by atoms with Gasteiger partial charge in [-0.15, -0.1) is 0 Å². The van der Waals surface area contributed by atoms with Crippen molar-refractivity contribution in [2.75, 3.05) is 18.0 Å². The minimum atomic E-state index is -1.02. The van der Waals surface area contributed by atoms with Crippen molar-refractivity contribution in [1.29, 1.82) is 0 Å². The summed E-state index contributed by atoms with van der Waals surface area (Å²) in [7, 11) is 0. The number of phenolic OH excluding ortho intramolecular Hbond substituents is 1. The number of aromatic hydroxyl groups is 1. The van der Waals surface area contributed by atoms with E-state index in [-0.39, 0.29) is 23.5 Å². The summed E-state index contributed by atoms with van der Waals surface area (Å²) >= 11 is 0. The first-order chi connectivity index (χ1) is 15.0. The second-order valence-corrected chi connectivity index (χ2v) is 7.89. The fourth-order valence-electron chi connectivity index (χ4n) is 4.31. The Bertz CT molecular complexity index is 1110. The fourth-order valence-corrected chi connectivity index (χ4v) is 4.31. The first-order valence-corrected chi connectivity index (χ1v) is 10.5. The number of nitrogens with zero attached hydrogens (tertiary/aromatic N) is 3. The highest BCUT2D eigenvalue weighted by molar-refractivity contribution is 5.91. The van der Waals surface area contributed by atoms with Crippen LogP contribution in [0.1, 0.15) is 26.2 Å². The number of phenols is 1. The number of halogens is 1. The van der Waals surface area contributed by atoms with E-state index >= 15 is 0 Å². The second-order valence-electron chi connectivity index (χ2n) is 7.89. The predicted octanol–water partition coefficient (Wildman–Crippen LogP) is 4.40. The number of anilines is 1. The Labute approximate surface area is 179 Å². The maximum absolute atomic E-state index is 14.1. The molecule has 1 aromatic heterocycles. The molecule has 31 heavy (non-hydrogen) atoms. The lowest BCUT2D eigenvalue weighted by Crippen LogP contribution is -2.40. The smallest absolute Gasteiger partial charge is 0.404 e. The molecule has 3 N–H and O–H groups in total. The van der Waals surface area contributed by atoms with Gasteiger partial charge in [0.25, 0.3) is 0 Å². The van der Waals surface area contributed by atoms with E-state index in [0.29, 0.717) is 41.2 Å². The number of carbonyl (C=O) groups is 1. The highest BCUT2D eigenvalue weighted by Gasteiger charge is 2.32. The van der Waals surface area contributed by atoms with Gasteiger partial charge in [0.2, 0.25) is 0 Å². The molecule has 3 aromatic rings. The van der Waals surface area contributed by atoms with E-state index in [9.17, 15) is 19.4 Å². The van der Waals surface area contributed by atoms with Crippen LogP contribution in [0.4, 0.5) is 15.0 Å². The van der Waals surface area contributed by atoms with Crippen LogP contribution in [-0.4, -0.2) is 45.4 Å². The molecule has 0 spiro atoms. The van der Waals surface area contributed by atoms with Gasteiger partial charge < -0.3 is 20.4 Å². The van der Waals surface area contributed by atoms with Gasteiger partial charge in [0.15, 0.2) is 5.82 Å². The molecule has 1 aliphatic rings. The van der Waals surface area contributed by atoms with Crippen molar-refractivity contribution in [3.05, 3.63) is 48.3 Å². The zero-order valence-electron chi connectivity index (χ0n) is 17.3. The van der Waals surface area contributed by atoms with Crippen molar-refractivity contribution < 1.29 is 19.4 Å². The van der Waals surface area contributed by atoms with Gasteiger partial charge in [-0.3, -0.25) is 0 Å². The van der Waals surface area contributed by atoms with Crippen LogP contribution in [0.3, 0.4) is 0 Å². The quantitative estimate of drug-likeness (QED) is 0.542. The molecule has 4 rings (SSSR count). The normalized spacial score (nSPS) is 17.1. The van der Waals surface area contributed by atoms with Crippen LogP contribution in [0.15, 0.2) is 42.5 Å². The van der Waals surface area contributed by atoms with Crippen LogP contribution in [0.5, 0.6) is 5.75 Å². The Hall–Kier alpha value is -3.42. The molecule has 2 atom stereocenters. The largest absolute Gasteiger partial charge is 0.507 e. The summed E-state index contributed by atoms with van der Waals surface area (Å²) in [6, 6.07) is 11.1. The molecular weight excluding hydrogens is 399 g/mol. The SMILES string of the molecule is CCCC(NC(=O)O)C1CCN(c2nc(-c3ccccc3O)nc3ccc(F)cc23)C1. The second kappa shape index (κ2) is 8.75. The molecular formula is C23H25FN4O3. The van der Waals surface area contributed by atoms with E-state index in [4.69, 9.17) is 4.98 Å². The topological polar surface area (TPSA) is 98.6 Å². The van der Waals surface area contributed by atoms with Crippen LogP contribution < -0.4 is 10.2 Å². The Morgan fingerprint density at radius 2 is 2.10 bits per heavy atom. The summed E-state index contributed by atoms with van der Waals surface area (Å²) in [5.74, 6) is 0.783. The number of fused-ring (bicyclic) bond motifs is 1. The first kappa shape index (κ1) is 20.8. The Balaban J connectivity index is 1.73. The van der Waals surface area contributed by atoms with Crippen molar-refractivity contribution in [2.45, 2.75) is 32.2 Å². The van der Waals surface area contributed by atoms with Gasteiger partial charge in [0.1, 0.15) is 17.4 Å². The number of hydrogen-bond acceptors (Lipinski definition) is 5.